The zero-order valence-electron chi connectivity index (χ0n) is 18.3. The van der Waals surface area contributed by atoms with Gasteiger partial charge in [0.2, 0.25) is 15.9 Å². The minimum absolute atomic E-state index is 0.0569. The van der Waals surface area contributed by atoms with Crippen LogP contribution in [0.1, 0.15) is 33.3 Å². The van der Waals surface area contributed by atoms with Gasteiger partial charge in [-0.3, -0.25) is 9.10 Å². The number of nitrogens with one attached hydrogen (secondary N) is 1. The normalized spacial score (nSPS) is 12.9. The predicted octanol–water partition coefficient (Wildman–Crippen LogP) is 4.64. The Morgan fingerprint density at radius 3 is 2.13 bits per heavy atom. The molecule has 2 aromatic rings. The molecule has 0 bridgehead atoms. The molecular weight excluding hydrogens is 459 g/mol. The Morgan fingerprint density at radius 1 is 1.10 bits per heavy atom. The lowest BCUT2D eigenvalue weighted by Gasteiger charge is -2.28. The molecule has 1 amide bonds. The van der Waals surface area contributed by atoms with Crippen LogP contribution in [0.25, 0.3) is 0 Å². The molecule has 0 aliphatic carbocycles. The Labute approximate surface area is 194 Å². The number of carbonyl (C=O) groups is 1. The molecule has 1 atom stereocenters. The van der Waals surface area contributed by atoms with E-state index in [0.29, 0.717) is 5.75 Å². The van der Waals surface area contributed by atoms with Gasteiger partial charge < -0.3 is 10.1 Å². The van der Waals surface area contributed by atoms with Crippen molar-refractivity contribution in [3.63, 3.8) is 0 Å². The number of ether oxygens (including phenoxy) is 1. The zero-order chi connectivity index (χ0) is 23.4. The van der Waals surface area contributed by atoms with Crippen molar-refractivity contribution < 1.29 is 17.9 Å². The number of amides is 1. The van der Waals surface area contributed by atoms with Gasteiger partial charge in [0.25, 0.3) is 0 Å². The summed E-state index contributed by atoms with van der Waals surface area (Å²) in [5, 5.41) is 3.25. The van der Waals surface area contributed by atoms with Crippen LogP contribution >= 0.6 is 23.2 Å². The maximum absolute atomic E-state index is 12.6. The van der Waals surface area contributed by atoms with Crippen molar-refractivity contribution in [2.24, 2.45) is 0 Å². The van der Waals surface area contributed by atoms with Crippen LogP contribution in [0, 0.1) is 0 Å². The monoisotopic (exact) mass is 486 g/mol. The standard InChI is InChI=1S/C22H28Cl2N2O4S/c1-15(26(31(5,28)29)19-13-17(23)12-18(24)14-19)21(27)25-10-11-30-20-8-6-16(7-9-20)22(2,3)4/h6-9,12-15H,10-11H2,1-5H3,(H,25,27). The van der Waals surface area contributed by atoms with E-state index in [2.05, 4.69) is 26.1 Å². The number of benzene rings is 2. The summed E-state index contributed by atoms with van der Waals surface area (Å²) in [6, 6.07) is 11.2. The van der Waals surface area contributed by atoms with Gasteiger partial charge in [0.15, 0.2) is 0 Å². The fourth-order valence-electron chi connectivity index (χ4n) is 3.02. The lowest BCUT2D eigenvalue weighted by Crippen LogP contribution is -2.48. The van der Waals surface area contributed by atoms with Crippen LogP contribution in [0.5, 0.6) is 5.75 Å². The summed E-state index contributed by atoms with van der Waals surface area (Å²) in [4.78, 5) is 12.6. The van der Waals surface area contributed by atoms with Gasteiger partial charge in [-0.05, 0) is 48.2 Å². The average Bonchev–Trinajstić information content (AvgIpc) is 2.62. The molecule has 170 valence electrons. The van der Waals surface area contributed by atoms with Gasteiger partial charge in [-0.25, -0.2) is 8.42 Å². The highest BCUT2D eigenvalue weighted by Gasteiger charge is 2.29. The van der Waals surface area contributed by atoms with E-state index in [1.54, 1.807) is 0 Å². The number of carbonyl (C=O) groups excluding carboxylic acids is 1. The molecule has 0 aliphatic rings. The third-order valence-corrected chi connectivity index (χ3v) is 6.26. The molecule has 0 spiro atoms. The Balaban J connectivity index is 1.98. The van der Waals surface area contributed by atoms with Crippen molar-refractivity contribution in [2.75, 3.05) is 23.7 Å². The van der Waals surface area contributed by atoms with Crippen molar-refractivity contribution in [1.29, 1.82) is 0 Å². The topological polar surface area (TPSA) is 75.7 Å². The van der Waals surface area contributed by atoms with E-state index >= 15 is 0 Å². The number of anilines is 1. The highest BCUT2D eigenvalue weighted by Crippen LogP contribution is 2.28. The summed E-state index contributed by atoms with van der Waals surface area (Å²) >= 11 is 12.0. The highest BCUT2D eigenvalue weighted by molar-refractivity contribution is 7.92. The van der Waals surface area contributed by atoms with Crippen molar-refractivity contribution in [3.8, 4) is 5.75 Å². The van der Waals surface area contributed by atoms with E-state index in [1.165, 1.54) is 30.7 Å². The molecule has 1 N–H and O–H groups in total. The Hall–Kier alpha value is -1.96. The van der Waals surface area contributed by atoms with Gasteiger partial charge in [-0.15, -0.1) is 0 Å². The third kappa shape index (κ3) is 7.30. The lowest BCUT2D eigenvalue weighted by molar-refractivity contribution is -0.121. The van der Waals surface area contributed by atoms with Crippen LogP contribution in [0.15, 0.2) is 42.5 Å². The summed E-state index contributed by atoms with van der Waals surface area (Å²) in [6.07, 6.45) is 1.02. The zero-order valence-corrected chi connectivity index (χ0v) is 20.6. The van der Waals surface area contributed by atoms with Crippen LogP contribution < -0.4 is 14.4 Å². The molecule has 0 fully saturated rings. The molecule has 1 unspecified atom stereocenters. The predicted molar refractivity (Wildman–Crippen MR) is 127 cm³/mol. The number of hydrogen-bond acceptors (Lipinski definition) is 4. The second kappa shape index (κ2) is 10.1. The van der Waals surface area contributed by atoms with Crippen LogP contribution in [0.2, 0.25) is 10.0 Å². The van der Waals surface area contributed by atoms with Gasteiger partial charge in [-0.1, -0.05) is 56.1 Å². The number of nitrogens with zero attached hydrogens (tertiary/aromatic N) is 1. The summed E-state index contributed by atoms with van der Waals surface area (Å²) in [5.41, 5.74) is 1.48. The molecule has 2 aromatic carbocycles. The van der Waals surface area contributed by atoms with Gasteiger partial charge in [0.1, 0.15) is 18.4 Å². The SMILES string of the molecule is CC(C(=O)NCCOc1ccc(C(C)(C)C)cc1)N(c1cc(Cl)cc(Cl)c1)S(C)(=O)=O. The van der Waals surface area contributed by atoms with Crippen molar-refractivity contribution in [2.45, 2.75) is 39.2 Å². The molecular formula is C22H28Cl2N2O4S. The Kier molecular flexibility index (Phi) is 8.25. The first-order valence-corrected chi connectivity index (χ1v) is 12.4. The second-order valence-electron chi connectivity index (χ2n) is 8.28. The number of sulfonamides is 1. The van der Waals surface area contributed by atoms with E-state index in [9.17, 15) is 13.2 Å². The largest absolute Gasteiger partial charge is 0.492 e. The molecule has 0 radical (unpaired) electrons. The molecule has 0 aliphatic heterocycles. The van der Waals surface area contributed by atoms with Gasteiger partial charge in [0, 0.05) is 10.0 Å². The number of halogens is 2. The second-order valence-corrected chi connectivity index (χ2v) is 11.0. The van der Waals surface area contributed by atoms with Gasteiger partial charge in [0.05, 0.1) is 18.5 Å². The molecule has 9 heteroatoms. The van der Waals surface area contributed by atoms with E-state index < -0.39 is 22.0 Å². The lowest BCUT2D eigenvalue weighted by atomic mass is 9.87. The molecule has 2 rings (SSSR count). The summed E-state index contributed by atoms with van der Waals surface area (Å²) in [7, 11) is -3.76. The quantitative estimate of drug-likeness (QED) is 0.551. The van der Waals surface area contributed by atoms with Gasteiger partial charge in [-0.2, -0.15) is 0 Å². The van der Waals surface area contributed by atoms with E-state index in [-0.39, 0.29) is 34.3 Å². The molecule has 0 saturated heterocycles. The average molecular weight is 487 g/mol. The summed E-state index contributed by atoms with van der Waals surface area (Å²) < 4.78 is 31.4. The fraction of sp³-hybridized carbons (Fsp3) is 0.409. The first-order valence-electron chi connectivity index (χ1n) is 9.75. The van der Waals surface area contributed by atoms with Crippen LogP contribution in [0.3, 0.4) is 0 Å². The van der Waals surface area contributed by atoms with Gasteiger partial charge >= 0.3 is 0 Å². The molecule has 0 saturated carbocycles. The highest BCUT2D eigenvalue weighted by atomic mass is 35.5. The smallest absolute Gasteiger partial charge is 0.243 e. The first kappa shape index (κ1) is 25.3. The van der Waals surface area contributed by atoms with Crippen LogP contribution in [-0.2, 0) is 20.2 Å². The van der Waals surface area contributed by atoms with E-state index in [4.69, 9.17) is 27.9 Å². The molecule has 6 nitrogen and oxygen atoms in total. The summed E-state index contributed by atoms with van der Waals surface area (Å²) in [5.74, 6) is 0.231. The van der Waals surface area contributed by atoms with Crippen molar-refractivity contribution >= 4 is 44.8 Å². The fourth-order valence-corrected chi connectivity index (χ4v) is 4.69. The number of rotatable bonds is 8. The first-order chi connectivity index (χ1) is 14.3. The van der Waals surface area contributed by atoms with E-state index in [1.807, 2.05) is 24.3 Å². The van der Waals surface area contributed by atoms with Crippen LogP contribution in [0.4, 0.5) is 5.69 Å². The Morgan fingerprint density at radius 2 is 1.65 bits per heavy atom. The van der Waals surface area contributed by atoms with Crippen molar-refractivity contribution in [1.82, 2.24) is 5.32 Å². The molecule has 0 heterocycles. The minimum atomic E-state index is -3.76. The molecule has 31 heavy (non-hydrogen) atoms. The maximum atomic E-state index is 12.6. The Bertz CT molecular complexity index is 999. The number of hydrogen-bond donors (Lipinski definition) is 1. The molecule has 0 aromatic heterocycles. The maximum Gasteiger partial charge on any atom is 0.243 e. The van der Waals surface area contributed by atoms with E-state index in [0.717, 1.165) is 10.6 Å². The minimum Gasteiger partial charge on any atom is -0.492 e. The summed E-state index contributed by atoms with van der Waals surface area (Å²) in [6.45, 7) is 8.37. The van der Waals surface area contributed by atoms with Crippen molar-refractivity contribution in [3.05, 3.63) is 58.1 Å². The third-order valence-electron chi connectivity index (χ3n) is 4.58. The van der Waals surface area contributed by atoms with Crippen LogP contribution in [-0.4, -0.2) is 39.8 Å².